The number of aromatic nitrogens is 3. The van der Waals surface area contributed by atoms with Gasteiger partial charge in [-0.3, -0.25) is 4.57 Å². The summed E-state index contributed by atoms with van der Waals surface area (Å²) in [6, 6.07) is 3.70. The fourth-order valence-electron chi connectivity index (χ4n) is 1.93. The van der Waals surface area contributed by atoms with Crippen LogP contribution in [0.4, 0.5) is 13.6 Å². The SMILES string of the molecule is Cc1nn(CC(COC(N)=O)=C(F)F)c(=O)n1Cc1ccc(Br)s1. The smallest absolute Gasteiger partial charge is 0.404 e. The minimum absolute atomic E-state index is 0.288. The molecule has 0 aromatic carbocycles. The van der Waals surface area contributed by atoms with Crippen LogP contribution in [0.1, 0.15) is 10.7 Å². The molecule has 0 radical (unpaired) electrons. The zero-order valence-electron chi connectivity index (χ0n) is 12.5. The number of nitrogens with zero attached hydrogens (tertiary/aromatic N) is 3. The van der Waals surface area contributed by atoms with Gasteiger partial charge in [-0.1, -0.05) is 0 Å². The molecule has 0 atom stereocenters. The van der Waals surface area contributed by atoms with Crippen LogP contribution >= 0.6 is 27.3 Å². The maximum Gasteiger partial charge on any atom is 0.404 e. The number of carbonyl (C=O) groups excluding carboxylic acids is 1. The molecule has 11 heteroatoms. The van der Waals surface area contributed by atoms with Gasteiger partial charge in [-0.25, -0.2) is 14.3 Å². The summed E-state index contributed by atoms with van der Waals surface area (Å²) in [6.45, 7) is 0.704. The molecule has 2 N–H and O–H groups in total. The van der Waals surface area contributed by atoms with Crippen LogP contribution in [0.15, 0.2) is 32.4 Å². The van der Waals surface area contributed by atoms with E-state index in [2.05, 4.69) is 25.8 Å². The number of halogens is 3. The fraction of sp³-hybridized carbons (Fsp3) is 0.308. The number of rotatable bonds is 6. The molecule has 0 fully saturated rings. The van der Waals surface area contributed by atoms with Crippen LogP contribution in [0.25, 0.3) is 0 Å². The van der Waals surface area contributed by atoms with Gasteiger partial charge in [0.2, 0.25) is 0 Å². The Hall–Kier alpha value is -2.01. The van der Waals surface area contributed by atoms with E-state index in [1.165, 1.54) is 15.9 Å². The molecular formula is C13H13BrF2N4O3S. The Kier molecular flexibility index (Phi) is 5.89. The minimum atomic E-state index is -2.04. The van der Waals surface area contributed by atoms with Gasteiger partial charge < -0.3 is 10.5 Å². The monoisotopic (exact) mass is 422 g/mol. The third-order valence-corrected chi connectivity index (χ3v) is 4.66. The standard InChI is InChI=1S/C13H13BrF2N4O3S/c1-7-18-20(4-8(11(15)16)6-23-12(17)21)13(22)19(7)5-9-2-3-10(14)24-9/h2-3H,4-6H2,1H3,(H2,17,21). The Morgan fingerprint density at radius 3 is 2.71 bits per heavy atom. The van der Waals surface area contributed by atoms with Gasteiger partial charge in [0.05, 0.1) is 22.4 Å². The maximum atomic E-state index is 12.9. The predicted molar refractivity (Wildman–Crippen MR) is 87.1 cm³/mol. The molecule has 2 aromatic heterocycles. The molecule has 0 aliphatic carbocycles. The number of hydrogen-bond donors (Lipinski definition) is 1. The van der Waals surface area contributed by atoms with Crippen LogP contribution in [0.5, 0.6) is 0 Å². The third kappa shape index (κ3) is 4.51. The number of nitrogens with two attached hydrogens (primary N) is 1. The number of primary amides is 1. The largest absolute Gasteiger partial charge is 0.445 e. The highest BCUT2D eigenvalue weighted by molar-refractivity contribution is 9.11. The summed E-state index contributed by atoms with van der Waals surface area (Å²) in [7, 11) is 0. The molecule has 0 bridgehead atoms. The summed E-state index contributed by atoms with van der Waals surface area (Å²) in [6.07, 6.45) is -3.22. The van der Waals surface area contributed by atoms with Crippen molar-refractivity contribution < 1.29 is 18.3 Å². The molecule has 0 saturated carbocycles. The summed E-state index contributed by atoms with van der Waals surface area (Å²) < 4.78 is 33.4. The first-order valence-corrected chi connectivity index (χ1v) is 8.22. The van der Waals surface area contributed by atoms with E-state index in [4.69, 9.17) is 5.73 Å². The number of ether oxygens (including phenoxy) is 1. The van der Waals surface area contributed by atoms with Crippen LogP contribution in [0.3, 0.4) is 0 Å². The van der Waals surface area contributed by atoms with Crippen LogP contribution in [0, 0.1) is 6.92 Å². The average molecular weight is 423 g/mol. The van der Waals surface area contributed by atoms with Crippen molar-refractivity contribution in [3.8, 4) is 0 Å². The van der Waals surface area contributed by atoms with Gasteiger partial charge in [0, 0.05) is 4.88 Å². The Morgan fingerprint density at radius 1 is 1.46 bits per heavy atom. The molecule has 2 aromatic rings. The summed E-state index contributed by atoms with van der Waals surface area (Å²) in [5.74, 6) is 0.388. The Balaban J connectivity index is 2.22. The van der Waals surface area contributed by atoms with Crippen LogP contribution < -0.4 is 11.4 Å². The van der Waals surface area contributed by atoms with Crippen molar-refractivity contribution in [3.05, 3.63) is 48.8 Å². The lowest BCUT2D eigenvalue weighted by Crippen LogP contribution is -2.27. The molecule has 2 heterocycles. The maximum absolute atomic E-state index is 12.9. The van der Waals surface area contributed by atoms with Crippen molar-refractivity contribution >= 4 is 33.4 Å². The molecule has 7 nitrogen and oxygen atoms in total. The van der Waals surface area contributed by atoms with E-state index in [1.807, 2.05) is 12.1 Å². The Labute approximate surface area is 147 Å². The lowest BCUT2D eigenvalue weighted by molar-refractivity contribution is 0.163. The molecule has 0 aliphatic heterocycles. The Bertz CT molecular complexity index is 839. The Morgan fingerprint density at radius 2 is 2.17 bits per heavy atom. The van der Waals surface area contributed by atoms with Crippen LogP contribution in [0.2, 0.25) is 0 Å². The summed E-state index contributed by atoms with van der Waals surface area (Å²) in [5.41, 5.74) is 3.69. The highest BCUT2D eigenvalue weighted by Gasteiger charge is 2.16. The highest BCUT2D eigenvalue weighted by atomic mass is 79.9. The van der Waals surface area contributed by atoms with E-state index >= 15 is 0 Å². The highest BCUT2D eigenvalue weighted by Crippen LogP contribution is 2.22. The van der Waals surface area contributed by atoms with Gasteiger partial charge in [-0.05, 0) is 35.0 Å². The van der Waals surface area contributed by atoms with Gasteiger partial charge in [0.1, 0.15) is 12.4 Å². The van der Waals surface area contributed by atoms with Crippen molar-refractivity contribution in [2.24, 2.45) is 5.73 Å². The number of carbonyl (C=O) groups is 1. The first-order chi connectivity index (χ1) is 11.3. The molecule has 130 valence electrons. The zero-order valence-corrected chi connectivity index (χ0v) is 14.9. The quantitative estimate of drug-likeness (QED) is 0.773. The lowest BCUT2D eigenvalue weighted by Gasteiger charge is -2.05. The topological polar surface area (TPSA) is 92.1 Å². The molecule has 0 spiro atoms. The normalized spacial score (nSPS) is 10.7. The second-order valence-electron chi connectivity index (χ2n) is 4.75. The van der Waals surface area contributed by atoms with Gasteiger partial charge in [-0.15, -0.1) is 11.3 Å². The molecule has 0 aliphatic rings. The molecule has 1 amide bonds. The predicted octanol–water partition coefficient (Wildman–Crippen LogP) is 2.47. The van der Waals surface area contributed by atoms with E-state index in [1.54, 1.807) is 6.92 Å². The van der Waals surface area contributed by atoms with Crippen LogP contribution in [-0.2, 0) is 17.8 Å². The minimum Gasteiger partial charge on any atom is -0.445 e. The van der Waals surface area contributed by atoms with Crippen molar-refractivity contribution in [1.29, 1.82) is 0 Å². The van der Waals surface area contributed by atoms with E-state index in [-0.39, 0.29) is 6.54 Å². The van der Waals surface area contributed by atoms with Crippen molar-refractivity contribution in [2.45, 2.75) is 20.0 Å². The second-order valence-corrected chi connectivity index (χ2v) is 7.30. The first kappa shape index (κ1) is 18.3. The first-order valence-electron chi connectivity index (χ1n) is 6.61. The van der Waals surface area contributed by atoms with Crippen molar-refractivity contribution in [3.63, 3.8) is 0 Å². The van der Waals surface area contributed by atoms with Crippen molar-refractivity contribution in [1.82, 2.24) is 14.3 Å². The summed E-state index contributed by atoms with van der Waals surface area (Å²) in [5, 5.41) is 3.98. The van der Waals surface area contributed by atoms with E-state index in [0.29, 0.717) is 5.82 Å². The zero-order chi connectivity index (χ0) is 17.9. The molecular weight excluding hydrogens is 410 g/mol. The summed E-state index contributed by atoms with van der Waals surface area (Å²) >= 11 is 4.79. The summed E-state index contributed by atoms with van der Waals surface area (Å²) in [4.78, 5) is 23.8. The number of thiophene rings is 1. The van der Waals surface area contributed by atoms with Crippen molar-refractivity contribution in [2.75, 3.05) is 6.61 Å². The van der Waals surface area contributed by atoms with Crippen LogP contribution in [-0.4, -0.2) is 27.0 Å². The number of aryl methyl sites for hydroxylation is 1. The van der Waals surface area contributed by atoms with E-state index in [9.17, 15) is 18.4 Å². The fourth-order valence-corrected chi connectivity index (χ4v) is 3.40. The molecule has 2 rings (SSSR count). The third-order valence-electron chi connectivity index (χ3n) is 3.05. The number of hydrogen-bond acceptors (Lipinski definition) is 5. The van der Waals surface area contributed by atoms with Gasteiger partial charge in [-0.2, -0.15) is 13.9 Å². The van der Waals surface area contributed by atoms with E-state index < -0.39 is 36.6 Å². The average Bonchev–Trinajstić information content (AvgIpc) is 3.01. The molecule has 24 heavy (non-hydrogen) atoms. The second kappa shape index (κ2) is 7.71. The van der Waals surface area contributed by atoms with Gasteiger partial charge >= 0.3 is 11.8 Å². The molecule has 0 saturated heterocycles. The molecule has 0 unspecified atom stereocenters. The van der Waals surface area contributed by atoms with Gasteiger partial charge in [0.25, 0.3) is 6.08 Å². The van der Waals surface area contributed by atoms with E-state index in [0.717, 1.165) is 13.3 Å². The number of amides is 1. The lowest BCUT2D eigenvalue weighted by atomic mass is 10.3. The van der Waals surface area contributed by atoms with Gasteiger partial charge in [0.15, 0.2) is 0 Å².